The Morgan fingerprint density at radius 3 is 2.62 bits per heavy atom. The van der Waals surface area contributed by atoms with Crippen molar-refractivity contribution < 1.29 is 9.18 Å². The van der Waals surface area contributed by atoms with E-state index in [2.05, 4.69) is 25.9 Å². The van der Waals surface area contributed by atoms with Gasteiger partial charge in [-0.05, 0) is 48.7 Å². The molecule has 0 aliphatic heterocycles. The lowest BCUT2D eigenvalue weighted by Crippen LogP contribution is -2.24. The number of nitrogens with zero attached hydrogens (tertiary/aromatic N) is 4. The van der Waals surface area contributed by atoms with Crippen LogP contribution in [0, 0.1) is 12.7 Å². The van der Waals surface area contributed by atoms with Gasteiger partial charge in [-0.1, -0.05) is 24.3 Å². The molecule has 0 saturated heterocycles. The van der Waals surface area contributed by atoms with Gasteiger partial charge in [0.15, 0.2) is 0 Å². The summed E-state index contributed by atoms with van der Waals surface area (Å²) in [6.45, 7) is 1.98. The van der Waals surface area contributed by atoms with Crippen molar-refractivity contribution in [2.24, 2.45) is 0 Å². The maximum atomic E-state index is 13.0. The van der Waals surface area contributed by atoms with Crippen LogP contribution >= 0.6 is 0 Å². The van der Waals surface area contributed by atoms with Crippen LogP contribution in [0.2, 0.25) is 0 Å². The molecule has 3 aromatic rings. The SMILES string of the molecule is Cc1ccccc1CC(C(=O)Nc1ccc(F)cc1)c1nnn[n-]1. The molecule has 24 heavy (non-hydrogen) atoms. The summed E-state index contributed by atoms with van der Waals surface area (Å²) in [7, 11) is 0. The third-order valence-electron chi connectivity index (χ3n) is 3.76. The second kappa shape index (κ2) is 6.99. The lowest BCUT2D eigenvalue weighted by atomic mass is 9.94. The van der Waals surface area contributed by atoms with Crippen molar-refractivity contribution in [2.75, 3.05) is 5.32 Å². The number of carbonyl (C=O) groups excluding carboxylic acids is 1. The number of nitrogens with one attached hydrogen (secondary N) is 1. The summed E-state index contributed by atoms with van der Waals surface area (Å²) in [5, 5.41) is 17.3. The molecule has 3 rings (SSSR count). The number of carbonyl (C=O) groups is 1. The number of aromatic nitrogens is 4. The largest absolute Gasteiger partial charge is 0.335 e. The molecule has 2 aromatic carbocycles. The minimum absolute atomic E-state index is 0.262. The molecular formula is C17H15FN5O-. The summed E-state index contributed by atoms with van der Waals surface area (Å²) >= 11 is 0. The smallest absolute Gasteiger partial charge is 0.232 e. The van der Waals surface area contributed by atoms with E-state index < -0.39 is 5.92 Å². The minimum Gasteiger partial charge on any atom is -0.335 e. The van der Waals surface area contributed by atoms with Crippen LogP contribution < -0.4 is 10.4 Å². The highest BCUT2D eigenvalue weighted by Crippen LogP contribution is 2.21. The molecular weight excluding hydrogens is 309 g/mol. The first-order chi connectivity index (χ1) is 11.6. The van der Waals surface area contributed by atoms with Crippen LogP contribution in [0.4, 0.5) is 10.1 Å². The lowest BCUT2D eigenvalue weighted by molar-refractivity contribution is -0.117. The van der Waals surface area contributed by atoms with Gasteiger partial charge in [-0.25, -0.2) is 4.39 Å². The van der Waals surface area contributed by atoms with Gasteiger partial charge in [-0.15, -0.1) is 0 Å². The number of amides is 1. The van der Waals surface area contributed by atoms with Gasteiger partial charge >= 0.3 is 0 Å². The molecule has 122 valence electrons. The van der Waals surface area contributed by atoms with E-state index in [0.29, 0.717) is 12.1 Å². The Hall–Kier alpha value is -3.09. The van der Waals surface area contributed by atoms with E-state index in [1.54, 1.807) is 0 Å². The first-order valence-electron chi connectivity index (χ1n) is 7.43. The van der Waals surface area contributed by atoms with Crippen LogP contribution in [0.3, 0.4) is 0 Å². The molecule has 6 nitrogen and oxygen atoms in total. The Balaban J connectivity index is 1.83. The fourth-order valence-electron chi connectivity index (χ4n) is 2.41. The molecule has 1 heterocycles. The van der Waals surface area contributed by atoms with Crippen molar-refractivity contribution in [1.82, 2.24) is 20.6 Å². The van der Waals surface area contributed by atoms with Crippen LogP contribution in [0.5, 0.6) is 0 Å². The average molecular weight is 324 g/mol. The zero-order valence-electron chi connectivity index (χ0n) is 13.0. The first-order valence-corrected chi connectivity index (χ1v) is 7.43. The van der Waals surface area contributed by atoms with Crippen molar-refractivity contribution in [3.8, 4) is 0 Å². The van der Waals surface area contributed by atoms with Crippen molar-refractivity contribution in [3.63, 3.8) is 0 Å². The van der Waals surface area contributed by atoms with Gasteiger partial charge in [0.2, 0.25) is 5.91 Å². The molecule has 1 atom stereocenters. The Bertz CT molecular complexity index is 817. The van der Waals surface area contributed by atoms with E-state index in [0.717, 1.165) is 11.1 Å². The van der Waals surface area contributed by atoms with Crippen LogP contribution in [-0.4, -0.2) is 21.4 Å². The van der Waals surface area contributed by atoms with Crippen molar-refractivity contribution in [1.29, 1.82) is 0 Å². The molecule has 0 saturated carbocycles. The van der Waals surface area contributed by atoms with E-state index in [1.165, 1.54) is 24.3 Å². The summed E-state index contributed by atoms with van der Waals surface area (Å²) in [6, 6.07) is 13.4. The minimum atomic E-state index is -0.633. The predicted molar refractivity (Wildman–Crippen MR) is 85.8 cm³/mol. The molecule has 1 aromatic heterocycles. The van der Waals surface area contributed by atoms with Gasteiger partial charge in [-0.2, -0.15) is 5.21 Å². The summed E-state index contributed by atoms with van der Waals surface area (Å²) < 4.78 is 13.0. The molecule has 1 N–H and O–H groups in total. The van der Waals surface area contributed by atoms with Crippen LogP contribution in [-0.2, 0) is 11.2 Å². The molecule has 7 heteroatoms. The van der Waals surface area contributed by atoms with Gasteiger partial charge in [0.25, 0.3) is 0 Å². The van der Waals surface area contributed by atoms with E-state index in [9.17, 15) is 9.18 Å². The standard InChI is InChI=1S/C17H16FN5O/c1-11-4-2-3-5-12(11)10-15(16-20-22-23-21-16)17(24)19-14-8-6-13(18)7-9-14/h2-9,15H,10H2,1H3,(H2,19,20,21,22,23,24)/p-1. The predicted octanol–water partition coefficient (Wildman–Crippen LogP) is 2.24. The van der Waals surface area contributed by atoms with E-state index >= 15 is 0 Å². The van der Waals surface area contributed by atoms with Gasteiger partial charge in [0, 0.05) is 11.5 Å². The third kappa shape index (κ3) is 3.62. The fraction of sp³-hybridized carbons (Fsp3) is 0.176. The topological polar surface area (TPSA) is 81.9 Å². The van der Waals surface area contributed by atoms with Gasteiger partial charge in [0.1, 0.15) is 5.82 Å². The number of halogens is 1. The normalized spacial score (nSPS) is 11.9. The highest BCUT2D eigenvalue weighted by Gasteiger charge is 2.21. The van der Waals surface area contributed by atoms with Gasteiger partial charge in [-0.3, -0.25) is 15.1 Å². The molecule has 0 bridgehead atoms. The third-order valence-corrected chi connectivity index (χ3v) is 3.76. The summed E-state index contributed by atoms with van der Waals surface area (Å²) in [6.07, 6.45) is 0.424. The van der Waals surface area contributed by atoms with Crippen LogP contribution in [0.15, 0.2) is 48.5 Å². The monoisotopic (exact) mass is 324 g/mol. The maximum absolute atomic E-state index is 13.0. The number of hydrogen-bond donors (Lipinski definition) is 1. The van der Waals surface area contributed by atoms with Crippen LogP contribution in [0.1, 0.15) is 22.9 Å². The maximum Gasteiger partial charge on any atom is 0.232 e. The molecule has 1 unspecified atom stereocenters. The van der Waals surface area contributed by atoms with Gasteiger partial charge < -0.3 is 10.4 Å². The fourth-order valence-corrected chi connectivity index (χ4v) is 2.41. The lowest BCUT2D eigenvalue weighted by Gasteiger charge is -2.18. The van der Waals surface area contributed by atoms with Crippen molar-refractivity contribution in [3.05, 3.63) is 71.3 Å². The summed E-state index contributed by atoms with van der Waals surface area (Å²) in [5.74, 6) is -1.03. The Morgan fingerprint density at radius 2 is 1.96 bits per heavy atom. The number of tetrazole rings is 1. The highest BCUT2D eigenvalue weighted by molar-refractivity contribution is 5.95. The number of anilines is 1. The Labute approximate surface area is 138 Å². The second-order valence-electron chi connectivity index (χ2n) is 5.42. The number of benzene rings is 2. The van der Waals surface area contributed by atoms with E-state index in [4.69, 9.17) is 0 Å². The molecule has 0 aliphatic carbocycles. The number of rotatable bonds is 5. The number of aryl methyl sites for hydroxylation is 1. The van der Waals surface area contributed by atoms with E-state index in [-0.39, 0.29) is 17.5 Å². The Kier molecular flexibility index (Phi) is 4.60. The molecule has 0 spiro atoms. The summed E-state index contributed by atoms with van der Waals surface area (Å²) in [5.41, 5.74) is 2.59. The highest BCUT2D eigenvalue weighted by atomic mass is 19.1. The molecule has 0 aliphatic rings. The van der Waals surface area contributed by atoms with E-state index in [1.807, 2.05) is 31.2 Å². The van der Waals surface area contributed by atoms with Crippen molar-refractivity contribution in [2.45, 2.75) is 19.3 Å². The second-order valence-corrected chi connectivity index (χ2v) is 5.42. The number of hydrogen-bond acceptors (Lipinski definition) is 4. The first kappa shape index (κ1) is 15.8. The zero-order valence-corrected chi connectivity index (χ0v) is 13.0. The zero-order chi connectivity index (χ0) is 16.9. The van der Waals surface area contributed by atoms with Crippen LogP contribution in [0.25, 0.3) is 0 Å². The van der Waals surface area contributed by atoms with Crippen molar-refractivity contribution >= 4 is 11.6 Å². The van der Waals surface area contributed by atoms with Gasteiger partial charge in [0.05, 0.1) is 5.92 Å². The molecule has 0 radical (unpaired) electrons. The molecule has 1 amide bonds. The quantitative estimate of drug-likeness (QED) is 0.778. The average Bonchev–Trinajstić information content (AvgIpc) is 3.10. The molecule has 0 fully saturated rings. The summed E-state index contributed by atoms with van der Waals surface area (Å²) in [4.78, 5) is 12.7. The Morgan fingerprint density at radius 1 is 1.21 bits per heavy atom.